The van der Waals surface area contributed by atoms with E-state index in [0.29, 0.717) is 22.9 Å². The van der Waals surface area contributed by atoms with Crippen molar-refractivity contribution < 1.29 is 23.9 Å². The Morgan fingerprint density at radius 2 is 1.83 bits per heavy atom. The van der Waals surface area contributed by atoms with Crippen molar-refractivity contribution in [1.29, 1.82) is 0 Å². The molecule has 0 heterocycles. The fourth-order valence-electron chi connectivity index (χ4n) is 2.80. The molecule has 154 valence electrons. The molecule has 7 nitrogen and oxygen atoms in total. The zero-order chi connectivity index (χ0) is 21.4. The molecule has 2 amide bonds. The van der Waals surface area contributed by atoms with Crippen LogP contribution in [0.25, 0.3) is 0 Å². The number of rotatable bonds is 8. The molecule has 2 rings (SSSR count). The van der Waals surface area contributed by atoms with Crippen molar-refractivity contribution in [3.8, 4) is 5.75 Å². The number of nitrogens with one attached hydrogen (secondary N) is 2. The van der Waals surface area contributed by atoms with E-state index in [4.69, 9.17) is 4.74 Å². The monoisotopic (exact) mass is 398 g/mol. The number of ether oxygens (including phenoxy) is 2. The molecule has 0 aliphatic carbocycles. The van der Waals surface area contributed by atoms with Crippen molar-refractivity contribution in [3.63, 3.8) is 0 Å². The highest BCUT2D eigenvalue weighted by Crippen LogP contribution is 2.23. The number of hydrogen-bond acceptors (Lipinski definition) is 5. The zero-order valence-corrected chi connectivity index (χ0v) is 17.1. The van der Waals surface area contributed by atoms with Gasteiger partial charge in [0.15, 0.2) is 6.61 Å². The molecule has 0 radical (unpaired) electrons. The summed E-state index contributed by atoms with van der Waals surface area (Å²) in [6.45, 7) is 5.88. The molecule has 0 spiro atoms. The number of amides is 2. The third kappa shape index (κ3) is 6.64. The first-order valence-electron chi connectivity index (χ1n) is 9.28. The quantitative estimate of drug-likeness (QED) is 0.667. The van der Waals surface area contributed by atoms with Crippen LogP contribution in [0.2, 0.25) is 0 Å². The minimum absolute atomic E-state index is 0.154. The number of hydrogen-bond donors (Lipinski definition) is 2. The summed E-state index contributed by atoms with van der Waals surface area (Å²) in [4.78, 5) is 35.4. The van der Waals surface area contributed by atoms with Crippen LogP contribution in [0.1, 0.15) is 41.3 Å². The summed E-state index contributed by atoms with van der Waals surface area (Å²) in [5, 5.41) is 5.14. The molecule has 0 atom stereocenters. The summed E-state index contributed by atoms with van der Waals surface area (Å²) in [5.74, 6) is -0.287. The van der Waals surface area contributed by atoms with E-state index in [0.717, 1.165) is 5.56 Å². The van der Waals surface area contributed by atoms with Crippen LogP contribution in [0.5, 0.6) is 5.75 Å². The summed E-state index contributed by atoms with van der Waals surface area (Å²) in [5.41, 5.74) is 3.12. The standard InChI is InChI=1S/C22H26N2O5/c1-14(2)19-9-8-18(10-15(19)3)29-13-20(25)24-17-7-5-6-16(11-17)22(27)23-12-21(26)28-4/h5-11,14H,12-13H2,1-4H3,(H,23,27)(H,24,25). The average Bonchev–Trinajstić information content (AvgIpc) is 2.70. The summed E-state index contributed by atoms with van der Waals surface area (Å²) >= 11 is 0. The van der Waals surface area contributed by atoms with Gasteiger partial charge in [-0.1, -0.05) is 26.0 Å². The van der Waals surface area contributed by atoms with Gasteiger partial charge in [-0.15, -0.1) is 0 Å². The predicted molar refractivity (Wildman–Crippen MR) is 110 cm³/mol. The van der Waals surface area contributed by atoms with Gasteiger partial charge < -0.3 is 20.1 Å². The van der Waals surface area contributed by atoms with Gasteiger partial charge in [0.05, 0.1) is 7.11 Å². The summed E-state index contributed by atoms with van der Waals surface area (Å²) in [6, 6.07) is 12.2. The van der Waals surface area contributed by atoms with E-state index in [2.05, 4.69) is 29.2 Å². The first-order chi connectivity index (χ1) is 13.8. The normalized spacial score (nSPS) is 10.4. The zero-order valence-electron chi connectivity index (χ0n) is 17.1. The molecular weight excluding hydrogens is 372 g/mol. The lowest BCUT2D eigenvalue weighted by Gasteiger charge is -2.13. The Morgan fingerprint density at radius 1 is 1.07 bits per heavy atom. The molecule has 0 aromatic heterocycles. The number of esters is 1. The van der Waals surface area contributed by atoms with Crippen molar-refractivity contribution in [1.82, 2.24) is 5.32 Å². The second kappa shape index (κ2) is 10.3. The van der Waals surface area contributed by atoms with Gasteiger partial charge in [0, 0.05) is 11.3 Å². The van der Waals surface area contributed by atoms with Crippen molar-refractivity contribution in [2.45, 2.75) is 26.7 Å². The Balaban J connectivity index is 1.91. The molecule has 0 saturated heterocycles. The third-order valence-corrected chi connectivity index (χ3v) is 4.26. The fraction of sp³-hybridized carbons (Fsp3) is 0.318. The molecule has 0 fully saturated rings. The van der Waals surface area contributed by atoms with Crippen LogP contribution in [-0.4, -0.2) is 38.0 Å². The molecule has 0 unspecified atom stereocenters. The van der Waals surface area contributed by atoms with Gasteiger partial charge in [0.1, 0.15) is 12.3 Å². The molecule has 0 aliphatic rings. The van der Waals surface area contributed by atoms with Crippen LogP contribution in [-0.2, 0) is 14.3 Å². The molecule has 2 aromatic rings. The van der Waals surface area contributed by atoms with Gasteiger partial charge >= 0.3 is 5.97 Å². The van der Waals surface area contributed by atoms with E-state index < -0.39 is 11.9 Å². The van der Waals surface area contributed by atoms with Gasteiger partial charge in [-0.2, -0.15) is 0 Å². The molecule has 0 aliphatic heterocycles. The lowest BCUT2D eigenvalue weighted by atomic mass is 9.98. The lowest BCUT2D eigenvalue weighted by molar-refractivity contribution is -0.139. The van der Waals surface area contributed by atoms with Crippen LogP contribution >= 0.6 is 0 Å². The van der Waals surface area contributed by atoms with E-state index >= 15 is 0 Å². The average molecular weight is 398 g/mol. The minimum atomic E-state index is -0.545. The van der Waals surface area contributed by atoms with Crippen LogP contribution in [0, 0.1) is 6.92 Å². The van der Waals surface area contributed by atoms with Crippen LogP contribution in [0.4, 0.5) is 5.69 Å². The summed E-state index contributed by atoms with van der Waals surface area (Å²) in [6.07, 6.45) is 0. The van der Waals surface area contributed by atoms with Crippen molar-refractivity contribution in [3.05, 3.63) is 59.2 Å². The maximum atomic E-state index is 12.2. The van der Waals surface area contributed by atoms with Crippen LogP contribution in [0.15, 0.2) is 42.5 Å². The first-order valence-corrected chi connectivity index (χ1v) is 9.28. The Morgan fingerprint density at radius 3 is 2.48 bits per heavy atom. The Bertz CT molecular complexity index is 893. The fourth-order valence-corrected chi connectivity index (χ4v) is 2.80. The van der Waals surface area contributed by atoms with E-state index in [-0.39, 0.29) is 19.1 Å². The van der Waals surface area contributed by atoms with E-state index in [1.807, 2.05) is 25.1 Å². The highest BCUT2D eigenvalue weighted by molar-refractivity contribution is 5.98. The molecule has 0 saturated carbocycles. The molecule has 2 N–H and O–H groups in total. The summed E-state index contributed by atoms with van der Waals surface area (Å²) < 4.78 is 10.0. The third-order valence-electron chi connectivity index (χ3n) is 4.26. The van der Waals surface area contributed by atoms with Gasteiger partial charge in [-0.25, -0.2) is 0 Å². The predicted octanol–water partition coefficient (Wildman–Crippen LogP) is 3.04. The smallest absolute Gasteiger partial charge is 0.325 e. The lowest BCUT2D eigenvalue weighted by Crippen LogP contribution is -2.30. The van der Waals surface area contributed by atoms with Gasteiger partial charge in [-0.05, 0) is 54.3 Å². The SMILES string of the molecule is COC(=O)CNC(=O)c1cccc(NC(=O)COc2ccc(C(C)C)c(C)c2)c1. The maximum absolute atomic E-state index is 12.2. The number of aryl methyl sites for hydroxylation is 1. The molecule has 2 aromatic carbocycles. The minimum Gasteiger partial charge on any atom is -0.484 e. The summed E-state index contributed by atoms with van der Waals surface area (Å²) in [7, 11) is 1.24. The number of methoxy groups -OCH3 is 1. The van der Waals surface area contributed by atoms with Gasteiger partial charge in [0.2, 0.25) is 0 Å². The molecule has 29 heavy (non-hydrogen) atoms. The maximum Gasteiger partial charge on any atom is 0.325 e. The highest BCUT2D eigenvalue weighted by Gasteiger charge is 2.11. The molecule has 7 heteroatoms. The number of carbonyl (C=O) groups is 3. The van der Waals surface area contributed by atoms with E-state index in [9.17, 15) is 14.4 Å². The van der Waals surface area contributed by atoms with E-state index in [1.165, 1.54) is 18.7 Å². The van der Waals surface area contributed by atoms with E-state index in [1.54, 1.807) is 18.2 Å². The van der Waals surface area contributed by atoms with Crippen LogP contribution < -0.4 is 15.4 Å². The Labute approximate surface area is 170 Å². The van der Waals surface area contributed by atoms with Crippen LogP contribution in [0.3, 0.4) is 0 Å². The van der Waals surface area contributed by atoms with Crippen molar-refractivity contribution in [2.24, 2.45) is 0 Å². The second-order valence-corrected chi connectivity index (χ2v) is 6.85. The first kappa shape index (κ1) is 21.9. The van der Waals surface area contributed by atoms with Gasteiger partial charge in [-0.3, -0.25) is 14.4 Å². The number of benzene rings is 2. The highest BCUT2D eigenvalue weighted by atomic mass is 16.5. The topological polar surface area (TPSA) is 93.7 Å². The van der Waals surface area contributed by atoms with Gasteiger partial charge in [0.25, 0.3) is 11.8 Å². The number of carbonyl (C=O) groups excluding carboxylic acids is 3. The molecule has 0 bridgehead atoms. The van der Waals surface area contributed by atoms with Crippen molar-refractivity contribution >= 4 is 23.5 Å². The number of anilines is 1. The second-order valence-electron chi connectivity index (χ2n) is 6.85. The largest absolute Gasteiger partial charge is 0.484 e. The Hall–Kier alpha value is -3.35. The van der Waals surface area contributed by atoms with Crippen molar-refractivity contribution in [2.75, 3.05) is 25.6 Å². The molecular formula is C22H26N2O5. The Kier molecular flexibility index (Phi) is 7.77.